The van der Waals surface area contributed by atoms with Gasteiger partial charge in [-0.1, -0.05) is 23.2 Å². The molecule has 0 N–H and O–H groups in total. The molecule has 1 aromatic carbocycles. The lowest BCUT2D eigenvalue weighted by Crippen LogP contribution is -1.86. The summed E-state index contributed by atoms with van der Waals surface area (Å²) < 4.78 is 1.18. The Balaban J connectivity index is 2.89. The van der Waals surface area contributed by atoms with E-state index in [1.807, 2.05) is 19.1 Å². The molecular formula is C10H6Cl2IN. The molecule has 0 unspecified atom stereocenters. The minimum absolute atomic E-state index is 0.433. The Morgan fingerprint density at radius 1 is 1.21 bits per heavy atom. The molecule has 1 aromatic heterocycles. The van der Waals surface area contributed by atoms with Crippen LogP contribution in [0.2, 0.25) is 10.2 Å². The third-order valence-electron chi connectivity index (χ3n) is 2.01. The van der Waals surface area contributed by atoms with Gasteiger partial charge in [0, 0.05) is 8.96 Å². The van der Waals surface area contributed by atoms with Crippen LogP contribution in [-0.2, 0) is 0 Å². The van der Waals surface area contributed by atoms with Crippen molar-refractivity contribution in [3.63, 3.8) is 0 Å². The molecule has 0 bridgehead atoms. The molecular weight excluding hydrogens is 332 g/mol. The molecule has 0 aliphatic rings. The zero-order valence-electron chi connectivity index (χ0n) is 7.31. The first-order valence-electron chi connectivity index (χ1n) is 4.00. The minimum atomic E-state index is 0.433. The predicted octanol–water partition coefficient (Wildman–Crippen LogP) is 4.45. The van der Waals surface area contributed by atoms with E-state index < -0.39 is 0 Å². The van der Waals surface area contributed by atoms with E-state index in [-0.39, 0.29) is 0 Å². The van der Waals surface area contributed by atoms with Crippen LogP contribution in [0, 0.1) is 10.5 Å². The first kappa shape index (κ1) is 10.5. The van der Waals surface area contributed by atoms with Crippen molar-refractivity contribution in [2.75, 3.05) is 0 Å². The van der Waals surface area contributed by atoms with Gasteiger partial charge >= 0.3 is 0 Å². The molecule has 0 aliphatic carbocycles. The lowest BCUT2D eigenvalue weighted by molar-refractivity contribution is 1.37. The standard InChI is InChI=1S/C10H6Cl2IN/c1-5-2-9-6(3-8(5)13)7(11)4-10(12)14-9/h2-4H,1H3. The maximum absolute atomic E-state index is 6.06. The van der Waals surface area contributed by atoms with E-state index in [2.05, 4.69) is 27.6 Å². The Kier molecular flexibility index (Phi) is 2.86. The van der Waals surface area contributed by atoms with Crippen molar-refractivity contribution in [1.29, 1.82) is 0 Å². The average Bonchev–Trinajstić information content (AvgIpc) is 2.08. The van der Waals surface area contributed by atoms with Crippen molar-refractivity contribution in [1.82, 2.24) is 4.98 Å². The number of rotatable bonds is 0. The molecule has 2 aromatic rings. The second kappa shape index (κ2) is 3.83. The number of aryl methyl sites for hydroxylation is 1. The van der Waals surface area contributed by atoms with Crippen LogP contribution >= 0.6 is 45.8 Å². The van der Waals surface area contributed by atoms with Crippen LogP contribution in [0.15, 0.2) is 18.2 Å². The van der Waals surface area contributed by atoms with E-state index in [1.165, 1.54) is 9.13 Å². The molecule has 0 saturated carbocycles. The fourth-order valence-corrected chi connectivity index (χ4v) is 2.26. The zero-order chi connectivity index (χ0) is 10.3. The second-order valence-corrected chi connectivity index (χ2v) is 5.00. The molecule has 2 rings (SSSR count). The molecule has 4 heteroatoms. The number of hydrogen-bond donors (Lipinski definition) is 0. The van der Waals surface area contributed by atoms with Crippen LogP contribution < -0.4 is 0 Å². The summed E-state index contributed by atoms with van der Waals surface area (Å²) in [5.74, 6) is 0. The van der Waals surface area contributed by atoms with Crippen LogP contribution in [-0.4, -0.2) is 4.98 Å². The van der Waals surface area contributed by atoms with Crippen molar-refractivity contribution in [2.45, 2.75) is 6.92 Å². The summed E-state index contributed by atoms with van der Waals surface area (Å²) in [4.78, 5) is 4.22. The van der Waals surface area contributed by atoms with Crippen molar-refractivity contribution >= 4 is 56.7 Å². The van der Waals surface area contributed by atoms with E-state index >= 15 is 0 Å². The van der Waals surface area contributed by atoms with Crippen molar-refractivity contribution in [2.24, 2.45) is 0 Å². The lowest BCUT2D eigenvalue weighted by atomic mass is 10.1. The normalized spacial score (nSPS) is 10.9. The maximum Gasteiger partial charge on any atom is 0.131 e. The number of hydrogen-bond acceptors (Lipinski definition) is 1. The highest BCUT2D eigenvalue weighted by atomic mass is 127. The Morgan fingerprint density at radius 3 is 2.64 bits per heavy atom. The highest BCUT2D eigenvalue weighted by molar-refractivity contribution is 14.1. The molecule has 1 heterocycles. The highest BCUT2D eigenvalue weighted by Gasteiger charge is 2.05. The summed E-state index contributed by atoms with van der Waals surface area (Å²) in [6.07, 6.45) is 0. The SMILES string of the molecule is Cc1cc2nc(Cl)cc(Cl)c2cc1I. The van der Waals surface area contributed by atoms with E-state index in [9.17, 15) is 0 Å². The quantitative estimate of drug-likeness (QED) is 0.511. The summed E-state index contributed by atoms with van der Waals surface area (Å²) in [6.45, 7) is 2.04. The van der Waals surface area contributed by atoms with Crippen molar-refractivity contribution < 1.29 is 0 Å². The minimum Gasteiger partial charge on any atom is -0.236 e. The summed E-state index contributed by atoms with van der Waals surface area (Å²) in [5.41, 5.74) is 2.03. The van der Waals surface area contributed by atoms with E-state index in [1.54, 1.807) is 6.07 Å². The summed E-state index contributed by atoms with van der Waals surface area (Å²) in [5, 5.41) is 2.03. The van der Waals surface area contributed by atoms with Gasteiger partial charge in [-0.25, -0.2) is 4.98 Å². The molecule has 1 nitrogen and oxygen atoms in total. The van der Waals surface area contributed by atoms with Gasteiger partial charge in [0.25, 0.3) is 0 Å². The fourth-order valence-electron chi connectivity index (χ4n) is 1.28. The molecule has 0 atom stereocenters. The number of benzene rings is 1. The van der Waals surface area contributed by atoms with Gasteiger partial charge in [0.15, 0.2) is 0 Å². The third kappa shape index (κ3) is 1.83. The first-order valence-corrected chi connectivity index (χ1v) is 5.83. The van der Waals surface area contributed by atoms with Gasteiger partial charge in [-0.3, -0.25) is 0 Å². The Bertz CT molecular complexity index is 511. The third-order valence-corrected chi connectivity index (χ3v) is 3.68. The topological polar surface area (TPSA) is 12.9 Å². The van der Waals surface area contributed by atoms with Crippen LogP contribution in [0.25, 0.3) is 10.9 Å². The fraction of sp³-hybridized carbons (Fsp3) is 0.100. The molecule has 0 saturated heterocycles. The van der Waals surface area contributed by atoms with Gasteiger partial charge in [0.1, 0.15) is 5.15 Å². The summed E-state index contributed by atoms with van der Waals surface area (Å²) >= 11 is 14.2. The molecule has 72 valence electrons. The summed E-state index contributed by atoms with van der Waals surface area (Å²) in [7, 11) is 0. The average molecular weight is 338 g/mol. The maximum atomic E-state index is 6.06. The predicted molar refractivity (Wildman–Crippen MR) is 69.2 cm³/mol. The smallest absolute Gasteiger partial charge is 0.131 e. The van der Waals surface area contributed by atoms with Gasteiger partial charge < -0.3 is 0 Å². The van der Waals surface area contributed by atoms with Gasteiger partial charge in [0.2, 0.25) is 0 Å². The number of nitrogens with zero attached hydrogens (tertiary/aromatic N) is 1. The van der Waals surface area contributed by atoms with E-state index in [0.717, 1.165) is 10.9 Å². The Morgan fingerprint density at radius 2 is 1.93 bits per heavy atom. The van der Waals surface area contributed by atoms with Crippen LogP contribution in [0.3, 0.4) is 0 Å². The number of aromatic nitrogens is 1. The van der Waals surface area contributed by atoms with Gasteiger partial charge in [-0.15, -0.1) is 0 Å². The number of halogens is 3. The monoisotopic (exact) mass is 337 g/mol. The molecule has 0 amide bonds. The van der Waals surface area contributed by atoms with E-state index in [4.69, 9.17) is 23.2 Å². The Labute approximate surface area is 106 Å². The molecule has 0 fully saturated rings. The molecule has 0 spiro atoms. The highest BCUT2D eigenvalue weighted by Crippen LogP contribution is 2.28. The first-order chi connectivity index (χ1) is 6.58. The van der Waals surface area contributed by atoms with E-state index in [0.29, 0.717) is 10.2 Å². The van der Waals surface area contributed by atoms with Crippen LogP contribution in [0.5, 0.6) is 0 Å². The van der Waals surface area contributed by atoms with Gasteiger partial charge in [-0.2, -0.15) is 0 Å². The molecule has 0 aliphatic heterocycles. The van der Waals surface area contributed by atoms with Crippen molar-refractivity contribution in [3.05, 3.63) is 37.5 Å². The second-order valence-electron chi connectivity index (χ2n) is 3.05. The molecule has 0 radical (unpaired) electrons. The van der Waals surface area contributed by atoms with Gasteiger partial charge in [-0.05, 0) is 53.3 Å². The number of pyridine rings is 1. The summed E-state index contributed by atoms with van der Waals surface area (Å²) in [6, 6.07) is 5.68. The van der Waals surface area contributed by atoms with Crippen molar-refractivity contribution in [3.8, 4) is 0 Å². The Hall–Kier alpha value is -0.0600. The van der Waals surface area contributed by atoms with Gasteiger partial charge in [0.05, 0.1) is 10.5 Å². The lowest BCUT2D eigenvalue weighted by Gasteiger charge is -2.04. The van der Waals surface area contributed by atoms with Crippen LogP contribution in [0.4, 0.5) is 0 Å². The molecule has 14 heavy (non-hydrogen) atoms. The largest absolute Gasteiger partial charge is 0.236 e. The zero-order valence-corrected chi connectivity index (χ0v) is 11.0. The van der Waals surface area contributed by atoms with Crippen LogP contribution in [0.1, 0.15) is 5.56 Å². The number of fused-ring (bicyclic) bond motifs is 1.